The van der Waals surface area contributed by atoms with Gasteiger partial charge in [-0.05, 0) is 37.4 Å². The number of carbonyl (C=O) groups is 1. The molecule has 28 heavy (non-hydrogen) atoms. The number of ketones is 1. The van der Waals surface area contributed by atoms with Crippen molar-refractivity contribution in [2.45, 2.75) is 26.2 Å². The third kappa shape index (κ3) is 5.40. The number of benzene rings is 2. The first-order valence-corrected chi connectivity index (χ1v) is 9.95. The highest BCUT2D eigenvalue weighted by atomic mass is 16.5. The van der Waals surface area contributed by atoms with E-state index in [1.54, 1.807) is 0 Å². The van der Waals surface area contributed by atoms with E-state index in [0.717, 1.165) is 41.3 Å². The molecular weight excluding hydrogens is 348 g/mol. The van der Waals surface area contributed by atoms with Crippen LogP contribution in [0.1, 0.15) is 35.8 Å². The minimum absolute atomic E-state index is 0.119. The van der Waals surface area contributed by atoms with Gasteiger partial charge in [-0.2, -0.15) is 0 Å². The van der Waals surface area contributed by atoms with Gasteiger partial charge in [0.05, 0.1) is 6.54 Å². The summed E-state index contributed by atoms with van der Waals surface area (Å²) in [5.74, 6) is 0.806. The van der Waals surface area contributed by atoms with Crippen LogP contribution in [0.25, 0.3) is 10.8 Å². The predicted octanol–water partition coefficient (Wildman–Crippen LogP) is 4.77. The van der Waals surface area contributed by atoms with Crippen LogP contribution in [-0.2, 0) is 6.42 Å². The number of carbonyl (C=O) groups excluding carboxylic acids is 1. The van der Waals surface area contributed by atoms with Gasteiger partial charge in [-0.3, -0.25) is 9.69 Å². The molecule has 0 amide bonds. The Kier molecular flexibility index (Phi) is 7.15. The van der Waals surface area contributed by atoms with E-state index < -0.39 is 0 Å². The zero-order chi connectivity index (χ0) is 19.8. The minimum Gasteiger partial charge on any atom is -0.476 e. The molecule has 0 saturated carbocycles. The van der Waals surface area contributed by atoms with Crippen molar-refractivity contribution >= 4 is 16.6 Å². The van der Waals surface area contributed by atoms with Crippen LogP contribution in [0.3, 0.4) is 0 Å². The molecule has 0 aliphatic heterocycles. The van der Waals surface area contributed by atoms with Gasteiger partial charge >= 0.3 is 0 Å². The third-order valence-corrected chi connectivity index (χ3v) is 4.77. The number of Topliss-reactive ketones (excluding diaryl/α,β-unsaturated/α-hetero) is 1. The van der Waals surface area contributed by atoms with Crippen molar-refractivity contribution in [2.75, 3.05) is 26.7 Å². The number of ether oxygens (including phenoxy) is 1. The molecule has 4 heteroatoms. The van der Waals surface area contributed by atoms with E-state index in [9.17, 15) is 4.79 Å². The summed E-state index contributed by atoms with van der Waals surface area (Å²) in [6.07, 6.45) is 3.23. The van der Waals surface area contributed by atoms with E-state index >= 15 is 0 Å². The van der Waals surface area contributed by atoms with Crippen molar-refractivity contribution in [2.24, 2.45) is 0 Å². The molecule has 146 valence electrons. The maximum atomic E-state index is 12.3. The molecule has 4 nitrogen and oxygen atoms in total. The summed E-state index contributed by atoms with van der Waals surface area (Å²) in [7, 11) is 1.94. The Hall–Kier alpha value is -2.72. The molecular formula is C24H28N2O2. The van der Waals surface area contributed by atoms with Crippen molar-refractivity contribution in [3.63, 3.8) is 0 Å². The van der Waals surface area contributed by atoms with Gasteiger partial charge in [0.25, 0.3) is 0 Å². The monoisotopic (exact) mass is 376 g/mol. The highest BCUT2D eigenvalue weighted by Crippen LogP contribution is 2.25. The first kappa shape index (κ1) is 20.0. The lowest BCUT2D eigenvalue weighted by Crippen LogP contribution is -2.30. The Labute approximate surface area is 167 Å². The fraction of sp³-hybridized carbons (Fsp3) is 0.333. The fourth-order valence-electron chi connectivity index (χ4n) is 3.15. The van der Waals surface area contributed by atoms with Crippen LogP contribution in [0.15, 0.2) is 60.7 Å². The van der Waals surface area contributed by atoms with Gasteiger partial charge in [0.1, 0.15) is 6.61 Å². The predicted molar refractivity (Wildman–Crippen MR) is 114 cm³/mol. The van der Waals surface area contributed by atoms with Gasteiger partial charge in [-0.25, -0.2) is 4.98 Å². The second kappa shape index (κ2) is 10.00. The largest absolute Gasteiger partial charge is 0.476 e. The summed E-state index contributed by atoms with van der Waals surface area (Å²) in [6.45, 7) is 3.71. The average molecular weight is 377 g/mol. The second-order valence-corrected chi connectivity index (χ2v) is 7.12. The summed E-state index contributed by atoms with van der Waals surface area (Å²) in [5, 5.41) is 2.19. The van der Waals surface area contributed by atoms with Crippen LogP contribution in [0.4, 0.5) is 0 Å². The van der Waals surface area contributed by atoms with Crippen molar-refractivity contribution in [1.29, 1.82) is 0 Å². The van der Waals surface area contributed by atoms with Gasteiger partial charge in [0.2, 0.25) is 5.88 Å². The van der Waals surface area contributed by atoms with Crippen LogP contribution >= 0.6 is 0 Å². The van der Waals surface area contributed by atoms with Gasteiger partial charge < -0.3 is 4.74 Å². The summed E-state index contributed by atoms with van der Waals surface area (Å²) in [5.41, 5.74) is 1.81. The molecule has 0 radical (unpaired) electrons. The quantitative estimate of drug-likeness (QED) is 0.478. The number of hydrogen-bond acceptors (Lipinski definition) is 4. The molecule has 0 spiro atoms. The second-order valence-electron chi connectivity index (χ2n) is 7.12. The number of rotatable bonds is 10. The maximum absolute atomic E-state index is 12.3. The fourth-order valence-corrected chi connectivity index (χ4v) is 3.15. The molecule has 2 aromatic carbocycles. The van der Waals surface area contributed by atoms with Crippen molar-refractivity contribution in [3.05, 3.63) is 71.9 Å². The summed E-state index contributed by atoms with van der Waals surface area (Å²) in [6, 6.07) is 19.7. The normalized spacial score (nSPS) is 11.1. The standard InChI is InChI=1S/C24H28N2O2/c1-3-4-13-21-17-20-12-8-9-14-22(20)24(25-21)28-16-15-26(2)18-23(27)19-10-6-5-7-11-19/h5-12,14,17H,3-4,13,15-16,18H2,1-2H3. The summed E-state index contributed by atoms with van der Waals surface area (Å²) < 4.78 is 6.03. The molecule has 3 aromatic rings. The number of aromatic nitrogens is 1. The molecule has 1 heterocycles. The molecule has 0 unspecified atom stereocenters. The van der Waals surface area contributed by atoms with Crippen LogP contribution in [0.5, 0.6) is 5.88 Å². The van der Waals surface area contributed by atoms with Crippen LogP contribution in [0.2, 0.25) is 0 Å². The Morgan fingerprint density at radius 2 is 1.82 bits per heavy atom. The number of unbranched alkanes of at least 4 members (excludes halogenated alkanes) is 1. The highest BCUT2D eigenvalue weighted by molar-refractivity contribution is 5.97. The Balaban J connectivity index is 1.60. The Morgan fingerprint density at radius 1 is 1.07 bits per heavy atom. The summed E-state index contributed by atoms with van der Waals surface area (Å²) in [4.78, 5) is 19.0. The van der Waals surface area contributed by atoms with Crippen molar-refractivity contribution < 1.29 is 9.53 Å². The van der Waals surface area contributed by atoms with Gasteiger partial charge in [0.15, 0.2) is 5.78 Å². The number of hydrogen-bond donors (Lipinski definition) is 0. The first-order chi connectivity index (χ1) is 13.7. The van der Waals surface area contributed by atoms with Crippen LogP contribution in [0, 0.1) is 0 Å². The average Bonchev–Trinajstić information content (AvgIpc) is 2.72. The van der Waals surface area contributed by atoms with Gasteiger partial charge in [0, 0.05) is 23.2 Å². The molecule has 0 aliphatic rings. The summed E-state index contributed by atoms with van der Waals surface area (Å²) >= 11 is 0. The number of aryl methyl sites for hydroxylation is 1. The topological polar surface area (TPSA) is 42.4 Å². The molecule has 0 aliphatic carbocycles. The van der Waals surface area contributed by atoms with E-state index in [4.69, 9.17) is 9.72 Å². The van der Waals surface area contributed by atoms with Crippen molar-refractivity contribution in [3.8, 4) is 5.88 Å². The smallest absolute Gasteiger partial charge is 0.221 e. The molecule has 3 rings (SSSR count). The Morgan fingerprint density at radius 3 is 2.61 bits per heavy atom. The molecule has 0 fully saturated rings. The zero-order valence-electron chi connectivity index (χ0n) is 16.7. The lowest BCUT2D eigenvalue weighted by atomic mass is 10.1. The van der Waals surface area contributed by atoms with E-state index in [1.165, 1.54) is 0 Å². The lowest BCUT2D eigenvalue weighted by Gasteiger charge is -2.17. The first-order valence-electron chi connectivity index (χ1n) is 9.95. The van der Waals surface area contributed by atoms with E-state index in [1.807, 2.05) is 60.5 Å². The highest BCUT2D eigenvalue weighted by Gasteiger charge is 2.11. The van der Waals surface area contributed by atoms with E-state index in [0.29, 0.717) is 25.6 Å². The third-order valence-electron chi connectivity index (χ3n) is 4.77. The molecule has 0 N–H and O–H groups in total. The SMILES string of the molecule is CCCCc1cc2ccccc2c(OCCN(C)CC(=O)c2ccccc2)n1. The number of fused-ring (bicyclic) bond motifs is 1. The molecule has 0 bridgehead atoms. The lowest BCUT2D eigenvalue weighted by molar-refractivity contribution is 0.0938. The minimum atomic E-state index is 0.119. The van der Waals surface area contributed by atoms with Crippen LogP contribution < -0.4 is 4.74 Å². The number of pyridine rings is 1. The Bertz CT molecular complexity index is 909. The number of nitrogens with zero attached hydrogens (tertiary/aromatic N) is 2. The molecule has 1 aromatic heterocycles. The van der Waals surface area contributed by atoms with Gasteiger partial charge in [-0.15, -0.1) is 0 Å². The van der Waals surface area contributed by atoms with Crippen molar-refractivity contribution in [1.82, 2.24) is 9.88 Å². The molecule has 0 atom stereocenters. The molecule has 0 saturated heterocycles. The van der Waals surface area contributed by atoms with Crippen LogP contribution in [-0.4, -0.2) is 42.4 Å². The van der Waals surface area contributed by atoms with Gasteiger partial charge in [-0.1, -0.05) is 61.9 Å². The zero-order valence-corrected chi connectivity index (χ0v) is 16.7. The van der Waals surface area contributed by atoms with E-state index in [-0.39, 0.29) is 5.78 Å². The number of likely N-dealkylation sites (N-methyl/N-ethyl adjacent to an activating group) is 1. The van der Waals surface area contributed by atoms with E-state index in [2.05, 4.69) is 19.1 Å². The maximum Gasteiger partial charge on any atom is 0.221 e.